The van der Waals surface area contributed by atoms with Crippen molar-refractivity contribution in [1.82, 2.24) is 10.2 Å². The molecule has 1 heterocycles. The summed E-state index contributed by atoms with van der Waals surface area (Å²) in [5.74, 6) is 0.0132. The zero-order valence-electron chi connectivity index (χ0n) is 15.5. The van der Waals surface area contributed by atoms with E-state index in [9.17, 15) is 4.79 Å². The lowest BCUT2D eigenvalue weighted by atomic mass is 10.1. The number of nitrogens with one attached hydrogen (secondary N) is 1. The first-order chi connectivity index (χ1) is 13.0. The van der Waals surface area contributed by atoms with Crippen molar-refractivity contribution in [3.05, 3.63) is 63.6 Å². The molecule has 4 nitrogen and oxygen atoms in total. The highest BCUT2D eigenvalue weighted by Gasteiger charge is 2.17. The van der Waals surface area contributed by atoms with Crippen molar-refractivity contribution in [3.63, 3.8) is 0 Å². The number of nitrogens with zero attached hydrogens (tertiary/aromatic N) is 2. The average Bonchev–Trinajstić information content (AvgIpc) is 2.68. The number of rotatable bonds is 6. The molecule has 0 unspecified atom stereocenters. The van der Waals surface area contributed by atoms with Gasteiger partial charge >= 0.3 is 0 Å². The fourth-order valence-corrected chi connectivity index (χ4v) is 3.70. The number of amides is 1. The van der Waals surface area contributed by atoms with Crippen molar-refractivity contribution in [2.24, 2.45) is 0 Å². The largest absolute Gasteiger partial charge is 0.369 e. The number of carbonyl (C=O) groups is 1. The fourth-order valence-electron chi connectivity index (χ4n) is 3.29. The van der Waals surface area contributed by atoms with Gasteiger partial charge in [-0.2, -0.15) is 0 Å². The van der Waals surface area contributed by atoms with E-state index in [1.54, 1.807) is 6.07 Å². The summed E-state index contributed by atoms with van der Waals surface area (Å²) in [6, 6.07) is 13.8. The van der Waals surface area contributed by atoms with Crippen molar-refractivity contribution in [1.29, 1.82) is 0 Å². The molecule has 0 aromatic heterocycles. The molecule has 1 saturated heterocycles. The lowest BCUT2D eigenvalue weighted by molar-refractivity contribution is -0.121. The molecule has 1 amide bonds. The van der Waals surface area contributed by atoms with E-state index in [-0.39, 0.29) is 5.91 Å². The number of likely N-dealkylation sites (N-methyl/N-ethyl adjacent to an activating group) is 1. The van der Waals surface area contributed by atoms with E-state index in [0.717, 1.165) is 37.3 Å². The quantitative estimate of drug-likeness (QED) is 0.788. The Morgan fingerprint density at radius 2 is 1.70 bits per heavy atom. The van der Waals surface area contributed by atoms with E-state index < -0.39 is 0 Å². The molecule has 0 aliphatic carbocycles. The number of carbonyl (C=O) groups excluding carboxylic acids is 1. The van der Waals surface area contributed by atoms with E-state index >= 15 is 0 Å². The maximum Gasteiger partial charge on any atom is 0.220 e. The summed E-state index contributed by atoms with van der Waals surface area (Å²) in [4.78, 5) is 17.0. The van der Waals surface area contributed by atoms with Crippen LogP contribution < -0.4 is 10.2 Å². The number of aryl methyl sites for hydroxylation is 1. The van der Waals surface area contributed by atoms with Crippen LogP contribution in [0.25, 0.3) is 0 Å². The number of hydrogen-bond donors (Lipinski definition) is 1. The normalized spacial score (nSPS) is 15.0. The molecular weight excluding hydrogens is 381 g/mol. The molecule has 0 bridgehead atoms. The van der Waals surface area contributed by atoms with Crippen LogP contribution in [0.15, 0.2) is 42.5 Å². The van der Waals surface area contributed by atoms with Gasteiger partial charge in [-0.1, -0.05) is 53.5 Å². The Bertz CT molecular complexity index is 789. The summed E-state index contributed by atoms with van der Waals surface area (Å²) < 4.78 is 0. The molecule has 3 rings (SSSR count). The van der Waals surface area contributed by atoms with Crippen LogP contribution in [-0.4, -0.2) is 44.0 Å². The molecule has 0 radical (unpaired) electrons. The number of piperazine rings is 1. The highest BCUT2D eigenvalue weighted by atomic mass is 35.5. The molecule has 1 aliphatic heterocycles. The van der Waals surface area contributed by atoms with E-state index in [4.69, 9.17) is 23.2 Å². The number of halogens is 2. The Balaban J connectivity index is 1.55. The van der Waals surface area contributed by atoms with Gasteiger partial charge in [0.1, 0.15) is 0 Å². The van der Waals surface area contributed by atoms with Gasteiger partial charge in [-0.15, -0.1) is 0 Å². The van der Waals surface area contributed by atoms with Crippen LogP contribution >= 0.6 is 23.2 Å². The van der Waals surface area contributed by atoms with Gasteiger partial charge in [-0.05, 0) is 36.7 Å². The van der Waals surface area contributed by atoms with E-state index in [1.807, 2.05) is 18.2 Å². The molecule has 0 atom stereocenters. The standard InChI is InChI=1S/C21H25Cl2N3O/c1-25-11-13-26(14-12-25)19-8-3-2-5-17(19)15-24-20(27)10-9-16-6-4-7-18(22)21(16)23/h2-8H,9-15H2,1H3,(H,24,27). The Morgan fingerprint density at radius 1 is 1.00 bits per heavy atom. The third kappa shape index (κ3) is 5.38. The molecule has 144 valence electrons. The third-order valence-electron chi connectivity index (χ3n) is 4.96. The lowest BCUT2D eigenvalue weighted by Crippen LogP contribution is -2.45. The minimum atomic E-state index is 0.0132. The Kier molecular flexibility index (Phi) is 7.00. The van der Waals surface area contributed by atoms with Gasteiger partial charge in [0.15, 0.2) is 0 Å². The third-order valence-corrected chi connectivity index (χ3v) is 5.82. The van der Waals surface area contributed by atoms with Crippen LogP contribution in [0.5, 0.6) is 0 Å². The van der Waals surface area contributed by atoms with Crippen LogP contribution in [0.2, 0.25) is 10.0 Å². The van der Waals surface area contributed by atoms with Gasteiger partial charge in [0.05, 0.1) is 10.0 Å². The van der Waals surface area contributed by atoms with Crippen LogP contribution in [-0.2, 0) is 17.8 Å². The zero-order chi connectivity index (χ0) is 19.2. The summed E-state index contributed by atoms with van der Waals surface area (Å²) in [5, 5.41) is 4.10. The Labute approximate surface area is 171 Å². The predicted octanol–water partition coefficient (Wildman–Crippen LogP) is 3.99. The van der Waals surface area contributed by atoms with Crippen molar-refractivity contribution in [2.75, 3.05) is 38.1 Å². The fraction of sp³-hybridized carbons (Fsp3) is 0.381. The number of hydrogen-bond acceptors (Lipinski definition) is 3. The van der Waals surface area contributed by atoms with Crippen molar-refractivity contribution in [2.45, 2.75) is 19.4 Å². The second kappa shape index (κ2) is 9.45. The van der Waals surface area contributed by atoms with Gasteiger partial charge in [-0.25, -0.2) is 0 Å². The van der Waals surface area contributed by atoms with Crippen LogP contribution in [0.3, 0.4) is 0 Å². The van der Waals surface area contributed by atoms with Crippen molar-refractivity contribution >= 4 is 34.8 Å². The van der Waals surface area contributed by atoms with Crippen LogP contribution in [0.1, 0.15) is 17.5 Å². The van der Waals surface area contributed by atoms with E-state index in [1.165, 1.54) is 5.69 Å². The van der Waals surface area contributed by atoms with Crippen molar-refractivity contribution < 1.29 is 4.79 Å². The SMILES string of the molecule is CN1CCN(c2ccccc2CNC(=O)CCc2cccc(Cl)c2Cl)CC1. The second-order valence-corrected chi connectivity index (χ2v) is 7.69. The number of para-hydroxylation sites is 1. The highest BCUT2D eigenvalue weighted by Crippen LogP contribution is 2.26. The van der Waals surface area contributed by atoms with Gasteiger partial charge in [0, 0.05) is 44.8 Å². The van der Waals surface area contributed by atoms with Gasteiger partial charge in [0.2, 0.25) is 5.91 Å². The molecule has 2 aromatic rings. The summed E-state index contributed by atoms with van der Waals surface area (Å²) in [5.41, 5.74) is 3.26. The van der Waals surface area contributed by atoms with Gasteiger partial charge in [-0.3, -0.25) is 4.79 Å². The summed E-state index contributed by atoms with van der Waals surface area (Å²) in [7, 11) is 2.15. The van der Waals surface area contributed by atoms with E-state index in [2.05, 4.69) is 40.4 Å². The number of benzene rings is 2. The molecule has 2 aromatic carbocycles. The number of anilines is 1. The van der Waals surface area contributed by atoms with E-state index in [0.29, 0.717) is 29.4 Å². The smallest absolute Gasteiger partial charge is 0.220 e. The summed E-state index contributed by atoms with van der Waals surface area (Å²) in [6.45, 7) is 4.66. The first-order valence-corrected chi connectivity index (χ1v) is 10.0. The molecule has 1 N–H and O–H groups in total. The predicted molar refractivity (Wildman–Crippen MR) is 113 cm³/mol. The first-order valence-electron chi connectivity index (χ1n) is 9.25. The molecule has 6 heteroatoms. The maximum atomic E-state index is 12.3. The topological polar surface area (TPSA) is 35.6 Å². The molecule has 0 spiro atoms. The summed E-state index contributed by atoms with van der Waals surface area (Å²) >= 11 is 12.2. The molecule has 27 heavy (non-hydrogen) atoms. The van der Waals surface area contributed by atoms with Gasteiger partial charge in [0.25, 0.3) is 0 Å². The molecule has 1 aliphatic rings. The first kappa shape index (κ1) is 20.0. The Hall–Kier alpha value is -1.75. The summed E-state index contributed by atoms with van der Waals surface area (Å²) in [6.07, 6.45) is 0.960. The van der Waals surface area contributed by atoms with Crippen LogP contribution in [0, 0.1) is 0 Å². The Morgan fingerprint density at radius 3 is 2.48 bits per heavy atom. The van der Waals surface area contributed by atoms with Gasteiger partial charge < -0.3 is 15.1 Å². The second-order valence-electron chi connectivity index (χ2n) is 6.91. The minimum absolute atomic E-state index is 0.0132. The van der Waals surface area contributed by atoms with Crippen LogP contribution in [0.4, 0.5) is 5.69 Å². The molecule has 0 saturated carbocycles. The zero-order valence-corrected chi connectivity index (χ0v) is 17.1. The molecular formula is C21H25Cl2N3O. The monoisotopic (exact) mass is 405 g/mol. The lowest BCUT2D eigenvalue weighted by Gasteiger charge is -2.35. The van der Waals surface area contributed by atoms with Crippen molar-refractivity contribution in [3.8, 4) is 0 Å². The average molecular weight is 406 g/mol. The minimum Gasteiger partial charge on any atom is -0.369 e. The highest BCUT2D eigenvalue weighted by molar-refractivity contribution is 6.42. The molecule has 1 fully saturated rings. The maximum absolute atomic E-state index is 12.3.